The van der Waals surface area contributed by atoms with Gasteiger partial charge in [0.15, 0.2) is 5.69 Å². The molecule has 0 aliphatic carbocycles. The van der Waals surface area contributed by atoms with Crippen molar-refractivity contribution in [2.75, 3.05) is 6.54 Å². The number of para-hydroxylation sites is 1. The third kappa shape index (κ3) is 4.86. The van der Waals surface area contributed by atoms with Crippen molar-refractivity contribution in [1.82, 2.24) is 35.2 Å². The van der Waals surface area contributed by atoms with Crippen molar-refractivity contribution >= 4 is 50.2 Å². The molecule has 4 heterocycles. The number of nitrogens with two attached hydrogens (primary N) is 1. The van der Waals surface area contributed by atoms with Gasteiger partial charge in [-0.3, -0.25) is 19.1 Å². The van der Waals surface area contributed by atoms with Gasteiger partial charge in [0.05, 0.1) is 41.2 Å². The molecule has 0 unspecified atom stereocenters. The van der Waals surface area contributed by atoms with Crippen LogP contribution in [-0.4, -0.2) is 66.3 Å². The van der Waals surface area contributed by atoms with Gasteiger partial charge >= 0.3 is 0 Å². The number of hydrogen-bond acceptors (Lipinski definition) is 8. The van der Waals surface area contributed by atoms with E-state index >= 15 is 0 Å². The second-order valence-corrected chi connectivity index (χ2v) is 10.5. The maximum Gasteiger partial charge on any atom is 0.269 e. The zero-order chi connectivity index (χ0) is 27.8. The van der Waals surface area contributed by atoms with Crippen LogP contribution in [0.1, 0.15) is 21.9 Å². The number of hydrogen-bond donors (Lipinski definition) is 2. The molecule has 1 saturated heterocycles. The quantitative estimate of drug-likeness (QED) is 0.312. The summed E-state index contributed by atoms with van der Waals surface area (Å²) in [5, 5.41) is 15.9. The molecule has 2 aromatic carbocycles. The number of halogens is 1. The molecule has 11 nitrogen and oxygen atoms in total. The van der Waals surface area contributed by atoms with E-state index in [1.54, 1.807) is 36.7 Å². The van der Waals surface area contributed by atoms with E-state index in [1.165, 1.54) is 20.9 Å². The van der Waals surface area contributed by atoms with Crippen LogP contribution in [0.2, 0.25) is 0 Å². The number of nitrogens with one attached hydrogen (secondary N) is 1. The molecular weight excluding hydrogens is 535 g/mol. The maximum absolute atomic E-state index is 14.5. The summed E-state index contributed by atoms with van der Waals surface area (Å²) < 4.78 is 16.8. The fourth-order valence-electron chi connectivity index (χ4n) is 4.93. The zero-order valence-electron chi connectivity index (χ0n) is 21.0. The van der Waals surface area contributed by atoms with Crippen molar-refractivity contribution in [3.8, 4) is 11.1 Å². The summed E-state index contributed by atoms with van der Waals surface area (Å²) >= 11 is 1.46. The molecule has 1 aliphatic rings. The first-order valence-corrected chi connectivity index (χ1v) is 13.3. The van der Waals surface area contributed by atoms with Crippen LogP contribution in [0.3, 0.4) is 0 Å². The summed E-state index contributed by atoms with van der Waals surface area (Å²) in [7, 11) is 0. The van der Waals surface area contributed by atoms with E-state index in [4.69, 9.17) is 5.73 Å². The molecule has 3 N–H and O–H groups in total. The van der Waals surface area contributed by atoms with Crippen LogP contribution in [0.4, 0.5) is 4.39 Å². The van der Waals surface area contributed by atoms with Crippen molar-refractivity contribution in [3.63, 3.8) is 0 Å². The second-order valence-electron chi connectivity index (χ2n) is 9.42. The van der Waals surface area contributed by atoms with Crippen LogP contribution in [0.15, 0.2) is 60.9 Å². The Balaban J connectivity index is 1.21. The highest BCUT2D eigenvalue weighted by molar-refractivity contribution is 7.18. The first-order valence-electron chi connectivity index (χ1n) is 12.5. The lowest BCUT2D eigenvalue weighted by molar-refractivity contribution is -0.139. The van der Waals surface area contributed by atoms with Crippen molar-refractivity contribution in [2.24, 2.45) is 5.73 Å². The molecule has 0 saturated carbocycles. The molecule has 40 heavy (non-hydrogen) atoms. The minimum Gasteiger partial charge on any atom is -0.364 e. The van der Waals surface area contributed by atoms with Gasteiger partial charge in [0.2, 0.25) is 11.8 Å². The molecule has 2 atom stereocenters. The van der Waals surface area contributed by atoms with Gasteiger partial charge in [0, 0.05) is 17.4 Å². The number of carbonyl (C=O) groups excluding carboxylic acids is 3. The fraction of sp³-hybridized carbons (Fsp3) is 0.222. The molecule has 0 spiro atoms. The molecule has 202 valence electrons. The number of rotatable bonds is 7. The molecule has 3 amide bonds. The highest BCUT2D eigenvalue weighted by Crippen LogP contribution is 2.27. The Kier molecular flexibility index (Phi) is 6.64. The molecular formula is C27H23FN8O3S. The predicted octanol–water partition coefficient (Wildman–Crippen LogP) is 2.46. The number of primary amides is 1. The lowest BCUT2D eigenvalue weighted by Crippen LogP contribution is -2.46. The Bertz CT molecular complexity index is 1720. The van der Waals surface area contributed by atoms with Gasteiger partial charge in [-0.1, -0.05) is 18.2 Å². The zero-order valence-corrected chi connectivity index (χ0v) is 21.8. The number of thiazole rings is 1. The fourth-order valence-corrected chi connectivity index (χ4v) is 5.83. The van der Waals surface area contributed by atoms with Gasteiger partial charge in [-0.15, -0.1) is 11.3 Å². The lowest BCUT2D eigenvalue weighted by Gasteiger charge is -2.23. The molecule has 6 rings (SSSR count). The van der Waals surface area contributed by atoms with Crippen LogP contribution >= 0.6 is 11.3 Å². The molecule has 1 fully saturated rings. The minimum atomic E-state index is -1.34. The molecule has 0 bridgehead atoms. The third-order valence-corrected chi connectivity index (χ3v) is 7.85. The van der Waals surface area contributed by atoms with Gasteiger partial charge < -0.3 is 16.0 Å². The first-order chi connectivity index (χ1) is 19.4. The van der Waals surface area contributed by atoms with Crippen LogP contribution < -0.4 is 11.1 Å². The number of likely N-dealkylation sites (tertiary alicyclic amines) is 1. The van der Waals surface area contributed by atoms with E-state index in [9.17, 15) is 18.8 Å². The molecule has 0 radical (unpaired) electrons. The average molecular weight is 559 g/mol. The first kappa shape index (κ1) is 25.5. The Morgan fingerprint density at radius 3 is 2.73 bits per heavy atom. The van der Waals surface area contributed by atoms with E-state index in [0.717, 1.165) is 21.3 Å². The smallest absolute Gasteiger partial charge is 0.269 e. The molecule has 1 aliphatic heterocycles. The van der Waals surface area contributed by atoms with Crippen molar-refractivity contribution in [2.45, 2.75) is 31.7 Å². The number of alkyl halides is 1. The molecule has 3 aromatic heterocycles. The summed E-state index contributed by atoms with van der Waals surface area (Å²) in [6.45, 7) is -0.331. The summed E-state index contributed by atoms with van der Waals surface area (Å²) in [6.07, 6.45) is 1.69. The van der Waals surface area contributed by atoms with Gasteiger partial charge in [0.25, 0.3) is 5.91 Å². The van der Waals surface area contributed by atoms with Crippen molar-refractivity contribution in [1.29, 1.82) is 0 Å². The van der Waals surface area contributed by atoms with Gasteiger partial charge in [0.1, 0.15) is 23.8 Å². The number of aromatic nitrogens is 5. The van der Waals surface area contributed by atoms with Crippen LogP contribution in [0.5, 0.6) is 0 Å². The third-order valence-electron chi connectivity index (χ3n) is 6.81. The number of carbonyl (C=O) groups is 3. The molecule has 13 heteroatoms. The number of benzene rings is 2. The van der Waals surface area contributed by atoms with E-state index < -0.39 is 29.9 Å². The lowest BCUT2D eigenvalue weighted by atomic mass is 10.0. The Morgan fingerprint density at radius 2 is 1.95 bits per heavy atom. The van der Waals surface area contributed by atoms with E-state index in [2.05, 4.69) is 25.6 Å². The summed E-state index contributed by atoms with van der Waals surface area (Å²) in [5.74, 6) is -1.70. The van der Waals surface area contributed by atoms with Gasteiger partial charge in [-0.2, -0.15) is 15.3 Å². The highest BCUT2D eigenvalue weighted by Gasteiger charge is 2.40. The van der Waals surface area contributed by atoms with Crippen molar-refractivity contribution < 1.29 is 18.8 Å². The number of amides is 3. The normalized spacial score (nSPS) is 17.0. The number of nitrogens with zero attached hydrogens (tertiary/aromatic N) is 6. The van der Waals surface area contributed by atoms with Crippen molar-refractivity contribution in [3.05, 3.63) is 71.6 Å². The highest BCUT2D eigenvalue weighted by atomic mass is 32.1. The maximum atomic E-state index is 14.5. The summed E-state index contributed by atoms with van der Waals surface area (Å²) in [5.41, 5.74) is 8.47. The average Bonchev–Trinajstić information content (AvgIpc) is 3.66. The van der Waals surface area contributed by atoms with Gasteiger partial charge in [-0.25, -0.2) is 9.37 Å². The van der Waals surface area contributed by atoms with E-state index in [-0.39, 0.29) is 31.7 Å². The van der Waals surface area contributed by atoms with Crippen LogP contribution in [-0.2, 0) is 22.7 Å². The number of fused-ring (bicyclic) bond motifs is 2. The Morgan fingerprint density at radius 1 is 1.10 bits per heavy atom. The molecule has 5 aromatic rings. The van der Waals surface area contributed by atoms with E-state index in [1.807, 2.05) is 24.3 Å². The standard InChI is InChI=1S/C27H23FN8O3S/c28-17-10-21(27(39)30-12-23-33-19-3-1-2-4-22(19)40-23)35(13-17)24(37)14-36-20-6-5-15(16-7-8-31-32-11-16)9-18(20)25(34-36)26(29)38/h1-9,11,17,21H,10,12-14H2,(H2,29,38)(H,30,39)/t17-,21+/m1/s1. The largest absolute Gasteiger partial charge is 0.364 e. The Labute approximate surface area is 230 Å². The second kappa shape index (κ2) is 10.4. The SMILES string of the molecule is NC(=O)c1nn(CC(=O)N2C[C@H](F)C[C@H]2C(=O)NCc2nc3ccccc3s2)c2ccc(-c3ccnnc3)cc12. The predicted molar refractivity (Wildman–Crippen MR) is 146 cm³/mol. The van der Waals surface area contributed by atoms with Gasteiger partial charge in [-0.05, 0) is 35.9 Å². The van der Waals surface area contributed by atoms with E-state index in [0.29, 0.717) is 15.9 Å². The summed E-state index contributed by atoms with van der Waals surface area (Å²) in [6, 6.07) is 13.7. The monoisotopic (exact) mass is 558 g/mol. The topological polar surface area (TPSA) is 149 Å². The minimum absolute atomic E-state index is 0.00147. The van der Waals surface area contributed by atoms with Crippen LogP contribution in [0, 0.1) is 0 Å². The Hall–Kier alpha value is -4.78. The van der Waals surface area contributed by atoms with Crippen LogP contribution in [0.25, 0.3) is 32.2 Å². The summed E-state index contributed by atoms with van der Waals surface area (Å²) in [4.78, 5) is 44.3.